The summed E-state index contributed by atoms with van der Waals surface area (Å²) in [5.74, 6) is 0. The Morgan fingerprint density at radius 3 is 2.09 bits per heavy atom. The van der Waals surface area contributed by atoms with Gasteiger partial charge in [0.05, 0.1) is 13.2 Å². The maximum Gasteiger partial charge on any atom is 0.409 e. The molecule has 0 spiro atoms. The Bertz CT molecular complexity index is 177. The van der Waals surface area contributed by atoms with Crippen LogP contribution in [0.5, 0.6) is 0 Å². The molecule has 0 saturated carbocycles. The maximum absolute atomic E-state index is 11.4. The lowest BCUT2D eigenvalue weighted by Gasteiger charge is -2.10. The van der Waals surface area contributed by atoms with Gasteiger partial charge in [0.2, 0.25) is 0 Å². The Morgan fingerprint density at radius 2 is 1.82 bits per heavy atom. The Labute approximate surface area is 66.9 Å². The van der Waals surface area contributed by atoms with Gasteiger partial charge in [-0.2, -0.15) is 0 Å². The van der Waals surface area contributed by atoms with Gasteiger partial charge < -0.3 is 13.9 Å². The molecule has 0 N–H and O–H groups in total. The van der Waals surface area contributed by atoms with Crippen LogP contribution in [0.2, 0.25) is 0 Å². The third-order valence-electron chi connectivity index (χ3n) is 0.896. The van der Waals surface area contributed by atoms with Gasteiger partial charge in [0.25, 0.3) is 0 Å². The van der Waals surface area contributed by atoms with Gasteiger partial charge in [0, 0.05) is 0 Å². The lowest BCUT2D eigenvalue weighted by Crippen LogP contribution is -1.97. The normalized spacial score (nSPS) is 11.0. The van der Waals surface area contributed by atoms with Crippen molar-refractivity contribution in [2.75, 3.05) is 19.5 Å². The molecule has 0 aliphatic heterocycles. The summed E-state index contributed by atoms with van der Waals surface area (Å²) >= 11 is 0. The first-order valence-electron chi connectivity index (χ1n) is 3.40. The highest BCUT2D eigenvalue weighted by Crippen LogP contribution is 2.47. The molecule has 0 amide bonds. The van der Waals surface area contributed by atoms with Gasteiger partial charge in [-0.05, 0) is 13.8 Å². The molecule has 11 heavy (non-hydrogen) atoms. The predicted molar refractivity (Wildman–Crippen MR) is 42.3 cm³/mol. The zero-order valence-corrected chi connectivity index (χ0v) is 7.63. The van der Waals surface area contributed by atoms with E-state index in [0.29, 0.717) is 13.2 Å². The van der Waals surface area contributed by atoms with Crippen LogP contribution >= 0.6 is 7.60 Å². The van der Waals surface area contributed by atoms with Gasteiger partial charge >= 0.3 is 13.9 Å². The van der Waals surface area contributed by atoms with E-state index in [1.807, 2.05) is 0 Å². The van der Waals surface area contributed by atoms with Gasteiger partial charge in [-0.1, -0.05) is 0 Å². The van der Waals surface area contributed by atoms with Gasteiger partial charge in [0.15, 0.2) is 0 Å². The van der Waals surface area contributed by atoms with Crippen LogP contribution in [0.25, 0.3) is 4.85 Å². The Kier molecular flexibility index (Phi) is 5.14. The molecular weight excluding hydrogens is 165 g/mol. The first kappa shape index (κ1) is 10.6. The monoisotopic (exact) mass is 177 g/mol. The van der Waals surface area contributed by atoms with Crippen molar-refractivity contribution in [3.05, 3.63) is 11.4 Å². The van der Waals surface area contributed by atoms with Crippen molar-refractivity contribution < 1.29 is 13.6 Å². The molecule has 0 unspecified atom stereocenters. The molecule has 0 atom stereocenters. The largest absolute Gasteiger partial charge is 0.409 e. The van der Waals surface area contributed by atoms with Crippen molar-refractivity contribution in [1.82, 2.24) is 0 Å². The van der Waals surface area contributed by atoms with Crippen LogP contribution in [-0.2, 0) is 13.6 Å². The molecule has 0 aromatic carbocycles. The summed E-state index contributed by atoms with van der Waals surface area (Å²) < 4.78 is 21.0. The van der Waals surface area contributed by atoms with Gasteiger partial charge in [0.1, 0.15) is 0 Å². The fraction of sp³-hybridized carbons (Fsp3) is 0.833. The van der Waals surface area contributed by atoms with E-state index >= 15 is 0 Å². The minimum atomic E-state index is -3.07. The topological polar surface area (TPSA) is 39.9 Å². The minimum Gasteiger partial charge on any atom is -0.304 e. The molecule has 5 heteroatoms. The van der Waals surface area contributed by atoms with E-state index in [4.69, 9.17) is 15.6 Å². The Hall–Kier alpha value is -0.360. The molecule has 0 rings (SSSR count). The lowest BCUT2D eigenvalue weighted by atomic mass is 10.9. The molecule has 0 heterocycles. The van der Waals surface area contributed by atoms with Crippen molar-refractivity contribution in [1.29, 1.82) is 0 Å². The lowest BCUT2D eigenvalue weighted by molar-refractivity contribution is 0.222. The molecule has 0 aromatic heterocycles. The van der Waals surface area contributed by atoms with Crippen LogP contribution in [0.1, 0.15) is 13.8 Å². The van der Waals surface area contributed by atoms with Gasteiger partial charge in [-0.3, -0.25) is 4.57 Å². The molecule has 0 radical (unpaired) electrons. The average molecular weight is 177 g/mol. The summed E-state index contributed by atoms with van der Waals surface area (Å²) in [5, 5.41) is 0. The SMILES string of the molecule is [C-]#[N+]CP(=O)(OCC)OCC. The molecular formula is C6H12NO3P. The van der Waals surface area contributed by atoms with E-state index in [0.717, 1.165) is 0 Å². The van der Waals surface area contributed by atoms with E-state index in [1.54, 1.807) is 13.8 Å². The fourth-order valence-electron chi connectivity index (χ4n) is 0.599. The minimum absolute atomic E-state index is 0.186. The molecule has 0 fully saturated rings. The number of rotatable bonds is 5. The highest BCUT2D eigenvalue weighted by molar-refractivity contribution is 7.54. The maximum atomic E-state index is 11.4. The third kappa shape index (κ3) is 4.15. The highest BCUT2D eigenvalue weighted by atomic mass is 31.2. The number of hydrogen-bond donors (Lipinski definition) is 0. The summed E-state index contributed by atoms with van der Waals surface area (Å²) in [6.45, 7) is 10.6. The van der Waals surface area contributed by atoms with Crippen molar-refractivity contribution in [2.45, 2.75) is 13.8 Å². The molecule has 64 valence electrons. The summed E-state index contributed by atoms with van der Waals surface area (Å²) in [4.78, 5) is 2.98. The van der Waals surface area contributed by atoms with Crippen LogP contribution in [0.15, 0.2) is 0 Å². The van der Waals surface area contributed by atoms with Crippen LogP contribution < -0.4 is 0 Å². The quantitative estimate of drug-likeness (QED) is 0.477. The van der Waals surface area contributed by atoms with Crippen LogP contribution in [0, 0.1) is 6.57 Å². The van der Waals surface area contributed by atoms with Gasteiger partial charge in [-0.25, -0.2) is 6.57 Å². The molecule has 0 bridgehead atoms. The average Bonchev–Trinajstić information content (AvgIpc) is 1.88. The van der Waals surface area contributed by atoms with E-state index in [9.17, 15) is 4.57 Å². The molecule has 0 aliphatic carbocycles. The summed E-state index contributed by atoms with van der Waals surface area (Å²) in [6, 6.07) is 0. The van der Waals surface area contributed by atoms with Crippen molar-refractivity contribution >= 4 is 7.60 Å². The highest BCUT2D eigenvalue weighted by Gasteiger charge is 2.26. The van der Waals surface area contributed by atoms with Crippen LogP contribution in [0.3, 0.4) is 0 Å². The molecule has 0 aliphatic rings. The van der Waals surface area contributed by atoms with Crippen molar-refractivity contribution in [3.63, 3.8) is 0 Å². The standard InChI is InChI=1S/C6H12NO3P/c1-4-9-11(8,6-7-3)10-5-2/h4-6H2,1-2H3. The molecule has 0 aromatic rings. The number of hydrogen-bond acceptors (Lipinski definition) is 3. The van der Waals surface area contributed by atoms with E-state index in [1.165, 1.54) is 0 Å². The first-order chi connectivity index (χ1) is 5.18. The zero-order valence-electron chi connectivity index (χ0n) is 6.74. The zero-order chi connectivity index (χ0) is 8.74. The van der Waals surface area contributed by atoms with Crippen molar-refractivity contribution in [3.8, 4) is 0 Å². The second-order valence-electron chi connectivity index (χ2n) is 1.75. The smallest absolute Gasteiger partial charge is 0.304 e. The van der Waals surface area contributed by atoms with Crippen LogP contribution in [0.4, 0.5) is 0 Å². The van der Waals surface area contributed by atoms with E-state index in [-0.39, 0.29) is 6.29 Å². The fourth-order valence-corrected chi connectivity index (χ4v) is 1.80. The Balaban J connectivity index is 4.04. The van der Waals surface area contributed by atoms with E-state index in [2.05, 4.69) is 4.85 Å². The number of nitrogens with zero attached hydrogens (tertiary/aromatic N) is 1. The van der Waals surface area contributed by atoms with Crippen molar-refractivity contribution in [2.24, 2.45) is 0 Å². The summed E-state index contributed by atoms with van der Waals surface area (Å²) in [7, 11) is -3.07. The molecule has 4 nitrogen and oxygen atoms in total. The third-order valence-corrected chi connectivity index (χ3v) is 2.69. The second kappa shape index (κ2) is 5.31. The summed E-state index contributed by atoms with van der Waals surface area (Å²) in [6.07, 6.45) is -0.186. The van der Waals surface area contributed by atoms with E-state index < -0.39 is 7.60 Å². The molecule has 0 saturated heterocycles. The Morgan fingerprint density at radius 1 is 1.36 bits per heavy atom. The van der Waals surface area contributed by atoms with Crippen LogP contribution in [-0.4, -0.2) is 19.5 Å². The van der Waals surface area contributed by atoms with Gasteiger partial charge in [-0.15, -0.1) is 0 Å². The summed E-state index contributed by atoms with van der Waals surface area (Å²) in [5.41, 5.74) is 0. The predicted octanol–water partition coefficient (Wildman–Crippen LogP) is 2.13. The second-order valence-corrected chi connectivity index (χ2v) is 3.77. The first-order valence-corrected chi connectivity index (χ1v) is 5.12.